The molecule has 0 unspecified atom stereocenters. The number of nitrogens with zero attached hydrogens (tertiary/aromatic N) is 1. The van der Waals surface area contributed by atoms with Crippen LogP contribution in [0.2, 0.25) is 0 Å². The summed E-state index contributed by atoms with van der Waals surface area (Å²) >= 11 is 0. The van der Waals surface area contributed by atoms with E-state index in [1.165, 1.54) is 12.1 Å². The van der Waals surface area contributed by atoms with Crippen molar-refractivity contribution in [2.75, 3.05) is 19.6 Å². The van der Waals surface area contributed by atoms with Gasteiger partial charge in [-0.2, -0.15) is 0 Å². The lowest BCUT2D eigenvalue weighted by molar-refractivity contribution is 0.0926. The van der Waals surface area contributed by atoms with Gasteiger partial charge in [-0.05, 0) is 24.6 Å². The Bertz CT molecular complexity index is 376. The van der Waals surface area contributed by atoms with E-state index in [-0.39, 0.29) is 11.6 Å². The smallest absolute Gasteiger partial charge is 0.176 e. The van der Waals surface area contributed by atoms with Crippen LogP contribution in [0.3, 0.4) is 0 Å². The zero-order chi connectivity index (χ0) is 12.8. The number of halogens is 1. The highest BCUT2D eigenvalue weighted by molar-refractivity contribution is 5.97. The van der Waals surface area contributed by atoms with Crippen molar-refractivity contribution in [1.82, 2.24) is 4.90 Å². The molecule has 0 heterocycles. The third kappa shape index (κ3) is 4.65. The van der Waals surface area contributed by atoms with Crippen molar-refractivity contribution in [2.45, 2.75) is 20.8 Å². The van der Waals surface area contributed by atoms with Gasteiger partial charge in [0.2, 0.25) is 0 Å². The van der Waals surface area contributed by atoms with Gasteiger partial charge in [-0.1, -0.05) is 32.9 Å². The molecule has 0 fully saturated rings. The van der Waals surface area contributed by atoms with E-state index in [4.69, 9.17) is 0 Å². The van der Waals surface area contributed by atoms with Gasteiger partial charge in [-0.3, -0.25) is 9.69 Å². The van der Waals surface area contributed by atoms with Crippen LogP contribution in [0.5, 0.6) is 0 Å². The van der Waals surface area contributed by atoms with Crippen LogP contribution in [-0.4, -0.2) is 30.3 Å². The Morgan fingerprint density at radius 1 is 1.41 bits per heavy atom. The SMILES string of the molecule is CCN(CC(=O)c1cccc(F)c1)CC(C)C. The van der Waals surface area contributed by atoms with Gasteiger partial charge in [0.1, 0.15) is 5.82 Å². The number of rotatable bonds is 6. The number of hydrogen-bond acceptors (Lipinski definition) is 2. The molecule has 0 radical (unpaired) electrons. The molecule has 0 spiro atoms. The summed E-state index contributed by atoms with van der Waals surface area (Å²) in [6.07, 6.45) is 0. The van der Waals surface area contributed by atoms with Crippen LogP contribution >= 0.6 is 0 Å². The molecule has 0 amide bonds. The van der Waals surface area contributed by atoms with Crippen LogP contribution in [0.4, 0.5) is 4.39 Å². The summed E-state index contributed by atoms with van der Waals surface area (Å²) in [4.78, 5) is 14.0. The first-order chi connectivity index (χ1) is 8.02. The zero-order valence-electron chi connectivity index (χ0n) is 10.7. The predicted molar refractivity (Wildman–Crippen MR) is 67.7 cm³/mol. The topological polar surface area (TPSA) is 20.3 Å². The van der Waals surface area contributed by atoms with Crippen LogP contribution in [-0.2, 0) is 0 Å². The molecule has 0 saturated carbocycles. The maximum Gasteiger partial charge on any atom is 0.176 e. The summed E-state index contributed by atoms with van der Waals surface area (Å²) in [5.41, 5.74) is 0.451. The molecule has 0 aliphatic heterocycles. The summed E-state index contributed by atoms with van der Waals surface area (Å²) in [5.74, 6) is 0.144. The van der Waals surface area contributed by atoms with E-state index in [1.807, 2.05) is 6.92 Å². The molecular weight excluding hydrogens is 217 g/mol. The third-order valence-electron chi connectivity index (χ3n) is 2.58. The highest BCUT2D eigenvalue weighted by Gasteiger charge is 2.12. The fourth-order valence-electron chi connectivity index (χ4n) is 1.78. The van der Waals surface area contributed by atoms with E-state index in [0.29, 0.717) is 18.0 Å². The summed E-state index contributed by atoms with van der Waals surface area (Å²) in [6.45, 7) is 8.35. The summed E-state index contributed by atoms with van der Waals surface area (Å²) in [5, 5.41) is 0. The maximum atomic E-state index is 13.0. The molecular formula is C14H20FNO. The molecule has 17 heavy (non-hydrogen) atoms. The number of carbonyl (C=O) groups is 1. The number of benzene rings is 1. The Balaban J connectivity index is 2.64. The molecule has 2 nitrogen and oxygen atoms in total. The molecule has 0 N–H and O–H groups in total. The van der Waals surface area contributed by atoms with Crippen molar-refractivity contribution in [3.63, 3.8) is 0 Å². The van der Waals surface area contributed by atoms with Crippen molar-refractivity contribution in [2.24, 2.45) is 5.92 Å². The first-order valence-corrected chi connectivity index (χ1v) is 6.04. The minimum Gasteiger partial charge on any atom is -0.296 e. The minimum absolute atomic E-state index is 0.0213. The van der Waals surface area contributed by atoms with E-state index in [2.05, 4.69) is 18.7 Å². The molecule has 0 saturated heterocycles. The zero-order valence-corrected chi connectivity index (χ0v) is 10.7. The lowest BCUT2D eigenvalue weighted by Crippen LogP contribution is -2.32. The summed E-state index contributed by atoms with van der Waals surface area (Å²) < 4.78 is 13.0. The van der Waals surface area contributed by atoms with Crippen molar-refractivity contribution in [3.05, 3.63) is 35.6 Å². The quantitative estimate of drug-likeness (QED) is 0.709. The fourth-order valence-corrected chi connectivity index (χ4v) is 1.78. The Labute approximate surface area is 102 Å². The van der Waals surface area contributed by atoms with Crippen LogP contribution in [0.15, 0.2) is 24.3 Å². The van der Waals surface area contributed by atoms with Crippen LogP contribution < -0.4 is 0 Å². The Morgan fingerprint density at radius 2 is 2.12 bits per heavy atom. The minimum atomic E-state index is -0.359. The average molecular weight is 237 g/mol. The second kappa shape index (κ2) is 6.50. The fraction of sp³-hybridized carbons (Fsp3) is 0.500. The molecule has 94 valence electrons. The monoisotopic (exact) mass is 237 g/mol. The Kier molecular flexibility index (Phi) is 5.29. The number of ketones is 1. The molecule has 0 aromatic heterocycles. The highest BCUT2D eigenvalue weighted by Crippen LogP contribution is 2.06. The second-order valence-corrected chi connectivity index (χ2v) is 4.66. The number of likely N-dealkylation sites (N-methyl/N-ethyl adjacent to an activating group) is 1. The van der Waals surface area contributed by atoms with Crippen molar-refractivity contribution >= 4 is 5.78 Å². The van der Waals surface area contributed by atoms with Gasteiger partial charge in [0, 0.05) is 12.1 Å². The standard InChI is InChI=1S/C14H20FNO/c1-4-16(9-11(2)3)10-14(17)12-6-5-7-13(15)8-12/h5-8,11H,4,9-10H2,1-3H3. The van der Waals surface area contributed by atoms with E-state index in [0.717, 1.165) is 13.1 Å². The number of hydrogen-bond donors (Lipinski definition) is 0. The first-order valence-electron chi connectivity index (χ1n) is 6.04. The van der Waals surface area contributed by atoms with Crippen molar-refractivity contribution in [1.29, 1.82) is 0 Å². The Hall–Kier alpha value is -1.22. The summed E-state index contributed by atoms with van der Waals surface area (Å²) in [6, 6.07) is 5.88. The molecule has 0 bridgehead atoms. The van der Waals surface area contributed by atoms with Gasteiger partial charge in [0.25, 0.3) is 0 Å². The second-order valence-electron chi connectivity index (χ2n) is 4.66. The van der Waals surface area contributed by atoms with Gasteiger partial charge < -0.3 is 0 Å². The Morgan fingerprint density at radius 3 is 2.65 bits per heavy atom. The highest BCUT2D eigenvalue weighted by atomic mass is 19.1. The van der Waals surface area contributed by atoms with E-state index < -0.39 is 0 Å². The van der Waals surface area contributed by atoms with Gasteiger partial charge in [-0.25, -0.2) is 4.39 Å². The van der Waals surface area contributed by atoms with Crippen LogP contribution in [0, 0.1) is 11.7 Å². The molecule has 0 aliphatic rings. The maximum absolute atomic E-state index is 13.0. The van der Waals surface area contributed by atoms with Gasteiger partial charge in [0.15, 0.2) is 5.78 Å². The van der Waals surface area contributed by atoms with Crippen molar-refractivity contribution in [3.8, 4) is 0 Å². The first kappa shape index (κ1) is 13.8. The molecule has 1 rings (SSSR count). The lowest BCUT2D eigenvalue weighted by Gasteiger charge is -2.21. The summed E-state index contributed by atoms with van der Waals surface area (Å²) in [7, 11) is 0. The normalized spacial score (nSPS) is 11.2. The van der Waals surface area contributed by atoms with E-state index >= 15 is 0 Å². The third-order valence-corrected chi connectivity index (χ3v) is 2.58. The van der Waals surface area contributed by atoms with Crippen molar-refractivity contribution < 1.29 is 9.18 Å². The van der Waals surface area contributed by atoms with Gasteiger partial charge in [0.05, 0.1) is 6.54 Å². The largest absolute Gasteiger partial charge is 0.296 e. The van der Waals surface area contributed by atoms with Gasteiger partial charge >= 0.3 is 0 Å². The molecule has 1 aromatic carbocycles. The number of Topliss-reactive ketones (excluding diaryl/α,β-unsaturated/α-hetero) is 1. The van der Waals surface area contributed by atoms with E-state index in [9.17, 15) is 9.18 Å². The van der Waals surface area contributed by atoms with Crippen LogP contribution in [0.1, 0.15) is 31.1 Å². The average Bonchev–Trinajstić information content (AvgIpc) is 2.27. The number of carbonyl (C=O) groups excluding carboxylic acids is 1. The predicted octanol–water partition coefficient (Wildman–Crippen LogP) is 2.99. The lowest BCUT2D eigenvalue weighted by atomic mass is 10.1. The van der Waals surface area contributed by atoms with E-state index in [1.54, 1.807) is 12.1 Å². The van der Waals surface area contributed by atoms with Gasteiger partial charge in [-0.15, -0.1) is 0 Å². The molecule has 3 heteroatoms. The molecule has 1 aromatic rings. The molecule has 0 aliphatic carbocycles. The van der Waals surface area contributed by atoms with Crippen LogP contribution in [0.25, 0.3) is 0 Å². The molecule has 0 atom stereocenters.